The monoisotopic (exact) mass is 684 g/mol. The van der Waals surface area contributed by atoms with Crippen LogP contribution in [-0.2, 0) is 11.2 Å². The summed E-state index contributed by atoms with van der Waals surface area (Å²) in [5.41, 5.74) is -0.952. The van der Waals surface area contributed by atoms with Crippen molar-refractivity contribution in [1.82, 2.24) is 25.2 Å². The number of nitrogens with zero attached hydrogens (tertiary/aromatic N) is 5. The maximum atomic E-state index is 17.0. The molecule has 4 aromatic rings. The zero-order chi connectivity index (χ0) is 34.1. The molecule has 0 unspecified atom stereocenters. The molecule has 260 valence electrons. The number of hydrogen-bond donors (Lipinski definition) is 2. The fourth-order valence-corrected chi connectivity index (χ4v) is 8.72. The molecular formula is C35H37F5N6O3. The first-order valence-corrected chi connectivity index (χ1v) is 16.8. The number of aromatic hydroxyl groups is 1. The summed E-state index contributed by atoms with van der Waals surface area (Å²) in [5.74, 6) is -1.09. The van der Waals surface area contributed by atoms with Crippen LogP contribution >= 0.6 is 0 Å². The lowest BCUT2D eigenvalue weighted by atomic mass is 9.94. The Bertz CT molecular complexity index is 1930. The highest BCUT2D eigenvalue weighted by atomic mass is 19.3. The van der Waals surface area contributed by atoms with Gasteiger partial charge in [-0.25, -0.2) is 13.2 Å². The van der Waals surface area contributed by atoms with Crippen molar-refractivity contribution >= 4 is 27.5 Å². The number of aromatic nitrogens is 3. The number of alkyl halides is 3. The minimum absolute atomic E-state index is 0.0478. The zero-order valence-electron chi connectivity index (χ0n) is 27.0. The largest absolute Gasteiger partial charge is 0.508 e. The molecule has 9 nitrogen and oxygen atoms in total. The van der Waals surface area contributed by atoms with Crippen LogP contribution in [0.3, 0.4) is 0 Å². The Kier molecular flexibility index (Phi) is 8.03. The molecule has 4 saturated heterocycles. The van der Waals surface area contributed by atoms with Crippen LogP contribution < -0.4 is 15.0 Å². The second-order valence-electron chi connectivity index (χ2n) is 14.0. The number of phenols is 1. The molecule has 2 N–H and O–H groups in total. The van der Waals surface area contributed by atoms with Crippen molar-refractivity contribution in [2.75, 3.05) is 44.3 Å². The van der Waals surface area contributed by atoms with Crippen LogP contribution in [0, 0.1) is 11.6 Å². The van der Waals surface area contributed by atoms with E-state index in [2.05, 4.69) is 20.2 Å². The number of fused-ring (bicyclic) bond motifs is 5. The van der Waals surface area contributed by atoms with E-state index < -0.39 is 35.5 Å². The Morgan fingerprint density at radius 3 is 2.80 bits per heavy atom. The van der Waals surface area contributed by atoms with E-state index >= 15 is 8.78 Å². The molecule has 2 bridgehead atoms. The van der Waals surface area contributed by atoms with Gasteiger partial charge in [-0.1, -0.05) is 13.0 Å². The normalized spacial score (nSPS) is 26.8. The second-order valence-corrected chi connectivity index (χ2v) is 14.0. The van der Waals surface area contributed by atoms with Crippen molar-refractivity contribution in [2.24, 2.45) is 0 Å². The third kappa shape index (κ3) is 5.61. The molecule has 0 saturated carbocycles. The lowest BCUT2D eigenvalue weighted by Gasteiger charge is -2.42. The van der Waals surface area contributed by atoms with Crippen molar-refractivity contribution in [1.29, 1.82) is 0 Å². The molecule has 2 aromatic heterocycles. The zero-order valence-corrected chi connectivity index (χ0v) is 27.0. The van der Waals surface area contributed by atoms with Gasteiger partial charge in [-0.3, -0.25) is 9.88 Å². The predicted octanol–water partition coefficient (Wildman–Crippen LogP) is 5.90. The predicted molar refractivity (Wildman–Crippen MR) is 173 cm³/mol. The van der Waals surface area contributed by atoms with Crippen LogP contribution in [0.4, 0.5) is 27.8 Å². The summed E-state index contributed by atoms with van der Waals surface area (Å²) in [6.07, 6.45) is 4.12. The number of aryl methyl sites for hydroxylation is 1. The van der Waals surface area contributed by atoms with Gasteiger partial charge >= 0.3 is 12.6 Å². The third-order valence-corrected chi connectivity index (χ3v) is 10.8. The maximum absolute atomic E-state index is 17.0. The number of rotatable bonds is 9. The van der Waals surface area contributed by atoms with Crippen molar-refractivity contribution in [3.8, 4) is 23.0 Å². The standard InChI is InChI=1S/C35H37F5N6O3/c1-2-23-26(37)5-4-19-10-22(47)11-24(27(19)23)29-28(38)30-25(13-41-29)31(45-15-21-6-8-34(16-45,44-21)17-48-32(39)40)43-33(42-30)49-18-35-7-3-9-46(35)14-20(36)12-35/h4-5,10-11,13,20-21,32,44,47H,2-3,6-9,12,14-18H2,1H3/t20-,21+,34-,35+/m1/s1. The van der Waals surface area contributed by atoms with Crippen LogP contribution in [0.25, 0.3) is 32.9 Å². The van der Waals surface area contributed by atoms with Gasteiger partial charge in [0.25, 0.3) is 0 Å². The molecule has 0 radical (unpaired) electrons. The molecule has 0 amide bonds. The molecule has 4 fully saturated rings. The van der Waals surface area contributed by atoms with Crippen molar-refractivity contribution in [3.05, 3.63) is 47.7 Å². The Morgan fingerprint density at radius 2 is 1.98 bits per heavy atom. The van der Waals surface area contributed by atoms with Crippen LogP contribution in [0.1, 0.15) is 44.6 Å². The summed E-state index contributed by atoms with van der Waals surface area (Å²) in [6, 6.07) is 5.55. The first kappa shape index (κ1) is 32.3. The molecule has 4 aliphatic heterocycles. The molecule has 14 heteroatoms. The Balaban J connectivity index is 1.26. The fraction of sp³-hybridized carbons (Fsp3) is 0.514. The minimum atomic E-state index is -2.92. The van der Waals surface area contributed by atoms with E-state index in [9.17, 15) is 18.3 Å². The third-order valence-electron chi connectivity index (χ3n) is 10.8. The van der Waals surface area contributed by atoms with Crippen LogP contribution in [-0.4, -0.2) is 94.3 Å². The summed E-state index contributed by atoms with van der Waals surface area (Å²) in [6.45, 7) is 0.578. The number of ether oxygens (including phenoxy) is 2. The van der Waals surface area contributed by atoms with Gasteiger partial charge in [0, 0.05) is 43.9 Å². The lowest BCUT2D eigenvalue weighted by Crippen LogP contribution is -2.62. The molecule has 4 atom stereocenters. The van der Waals surface area contributed by atoms with E-state index in [1.165, 1.54) is 30.5 Å². The number of halogens is 5. The van der Waals surface area contributed by atoms with Crippen LogP contribution in [0.2, 0.25) is 0 Å². The summed E-state index contributed by atoms with van der Waals surface area (Å²) < 4.78 is 83.7. The number of phenolic OH excluding ortho intramolecular Hbond substituents is 1. The Hall–Kier alpha value is -3.88. The second kappa shape index (κ2) is 12.2. The van der Waals surface area contributed by atoms with Gasteiger partial charge in [0.15, 0.2) is 5.82 Å². The highest BCUT2D eigenvalue weighted by Crippen LogP contribution is 2.43. The van der Waals surface area contributed by atoms with Crippen molar-refractivity contribution in [2.45, 2.75) is 75.4 Å². The summed E-state index contributed by atoms with van der Waals surface area (Å²) in [7, 11) is 0. The number of benzene rings is 2. The SMILES string of the molecule is CCc1c(F)ccc2cc(O)cc(-c3ncc4c(N5C[C@@H]6CC[C@](COC(F)F)(C5)N6)nc(OC[C@@]56CCCN5C[C@H](F)C6)nc4c3F)c12. The quantitative estimate of drug-likeness (QED) is 0.209. The molecule has 6 heterocycles. The number of pyridine rings is 1. The maximum Gasteiger partial charge on any atom is 0.345 e. The van der Waals surface area contributed by atoms with Gasteiger partial charge in [0.1, 0.15) is 41.4 Å². The van der Waals surface area contributed by atoms with E-state index in [0.29, 0.717) is 54.5 Å². The molecule has 8 rings (SSSR count). The molecule has 4 aliphatic rings. The van der Waals surface area contributed by atoms with Gasteiger partial charge in [-0.2, -0.15) is 18.7 Å². The molecular weight excluding hydrogens is 647 g/mol. The summed E-state index contributed by atoms with van der Waals surface area (Å²) >= 11 is 0. The molecule has 0 spiro atoms. The van der Waals surface area contributed by atoms with E-state index in [4.69, 9.17) is 14.5 Å². The highest BCUT2D eigenvalue weighted by Gasteiger charge is 2.50. The lowest BCUT2D eigenvalue weighted by molar-refractivity contribution is -0.143. The first-order chi connectivity index (χ1) is 23.6. The summed E-state index contributed by atoms with van der Waals surface area (Å²) in [4.78, 5) is 17.8. The molecule has 2 aromatic carbocycles. The minimum Gasteiger partial charge on any atom is -0.508 e. The number of hydrogen-bond acceptors (Lipinski definition) is 9. The Labute approximate surface area is 279 Å². The topological polar surface area (TPSA) is 95.9 Å². The smallest absolute Gasteiger partial charge is 0.345 e. The molecule has 49 heavy (non-hydrogen) atoms. The van der Waals surface area contributed by atoms with E-state index in [-0.39, 0.29) is 59.7 Å². The van der Waals surface area contributed by atoms with Crippen LogP contribution in [0.5, 0.6) is 11.8 Å². The van der Waals surface area contributed by atoms with Gasteiger partial charge in [0.2, 0.25) is 0 Å². The van der Waals surface area contributed by atoms with Gasteiger partial charge < -0.3 is 24.8 Å². The van der Waals surface area contributed by atoms with E-state index in [1.807, 2.05) is 4.90 Å². The number of anilines is 1. The van der Waals surface area contributed by atoms with E-state index in [0.717, 1.165) is 25.8 Å². The van der Waals surface area contributed by atoms with Crippen molar-refractivity contribution < 1.29 is 36.5 Å². The fourth-order valence-electron chi connectivity index (χ4n) is 8.72. The van der Waals surface area contributed by atoms with Gasteiger partial charge in [-0.05, 0) is 73.2 Å². The highest BCUT2D eigenvalue weighted by molar-refractivity contribution is 6.01. The Morgan fingerprint density at radius 1 is 1.12 bits per heavy atom. The first-order valence-electron chi connectivity index (χ1n) is 16.8. The molecule has 0 aliphatic carbocycles. The van der Waals surface area contributed by atoms with Gasteiger partial charge in [-0.15, -0.1) is 0 Å². The average molecular weight is 685 g/mol. The van der Waals surface area contributed by atoms with Crippen LogP contribution in [0.15, 0.2) is 30.5 Å². The van der Waals surface area contributed by atoms with E-state index in [1.54, 1.807) is 6.92 Å². The number of piperazine rings is 1. The van der Waals surface area contributed by atoms with Gasteiger partial charge in [0.05, 0.1) is 23.1 Å². The summed E-state index contributed by atoms with van der Waals surface area (Å²) in [5, 5.41) is 15.3. The average Bonchev–Trinajstić information content (AvgIpc) is 3.71. The van der Waals surface area contributed by atoms with Crippen molar-refractivity contribution in [3.63, 3.8) is 0 Å². The number of nitrogens with one attached hydrogen (secondary N) is 1.